The number of fused-ring (bicyclic) bond motifs is 1. The lowest BCUT2D eigenvalue weighted by atomic mass is 9.68. The molecule has 22 heavy (non-hydrogen) atoms. The molecule has 2 fully saturated rings. The van der Waals surface area contributed by atoms with E-state index in [0.717, 1.165) is 17.3 Å². The number of rotatable bonds is 2. The monoisotopic (exact) mass is 306 g/mol. The molecule has 2 saturated carbocycles. The van der Waals surface area contributed by atoms with Gasteiger partial charge < -0.3 is 0 Å². The summed E-state index contributed by atoms with van der Waals surface area (Å²) in [4.78, 5) is 0. The summed E-state index contributed by atoms with van der Waals surface area (Å²) in [6.07, 6.45) is 16.0. The Labute approximate surface area is 140 Å². The SMILES string of the molecule is CCCC1(C)CCCCC2(C)CC2CCC(C)(C)CCC1C. The number of hydrogen-bond acceptors (Lipinski definition) is 0. The highest BCUT2D eigenvalue weighted by Gasteiger charge is 2.49. The Morgan fingerprint density at radius 1 is 0.864 bits per heavy atom. The van der Waals surface area contributed by atoms with E-state index in [1.54, 1.807) is 0 Å². The van der Waals surface area contributed by atoms with E-state index in [4.69, 9.17) is 0 Å². The fraction of sp³-hybridized carbons (Fsp3) is 1.00. The Kier molecular flexibility index (Phi) is 5.72. The maximum absolute atomic E-state index is 2.59. The zero-order chi connectivity index (χ0) is 16.4. The van der Waals surface area contributed by atoms with Crippen LogP contribution in [0.25, 0.3) is 0 Å². The van der Waals surface area contributed by atoms with Crippen molar-refractivity contribution in [1.82, 2.24) is 0 Å². The van der Waals surface area contributed by atoms with Gasteiger partial charge in [-0.2, -0.15) is 0 Å². The van der Waals surface area contributed by atoms with Gasteiger partial charge in [-0.1, -0.05) is 60.8 Å². The summed E-state index contributed by atoms with van der Waals surface area (Å²) >= 11 is 0. The van der Waals surface area contributed by atoms with Crippen molar-refractivity contribution < 1.29 is 0 Å². The first-order valence-corrected chi connectivity index (χ1v) is 10.2. The second kappa shape index (κ2) is 6.86. The first kappa shape index (κ1) is 18.3. The van der Waals surface area contributed by atoms with Crippen LogP contribution in [0, 0.1) is 28.1 Å². The number of hydrogen-bond donors (Lipinski definition) is 0. The van der Waals surface area contributed by atoms with E-state index in [9.17, 15) is 0 Å². The lowest BCUT2D eigenvalue weighted by molar-refractivity contribution is 0.132. The van der Waals surface area contributed by atoms with Crippen LogP contribution in [0.3, 0.4) is 0 Å². The van der Waals surface area contributed by atoms with E-state index in [1.807, 2.05) is 0 Å². The molecule has 0 heterocycles. The highest BCUT2D eigenvalue weighted by Crippen LogP contribution is 2.59. The molecule has 2 rings (SSSR count). The molecular formula is C22H42. The van der Waals surface area contributed by atoms with Gasteiger partial charge in [0.1, 0.15) is 0 Å². The van der Waals surface area contributed by atoms with Gasteiger partial charge >= 0.3 is 0 Å². The fourth-order valence-electron chi connectivity index (χ4n) is 5.15. The lowest BCUT2D eigenvalue weighted by Crippen LogP contribution is -2.27. The molecule has 0 aliphatic heterocycles. The molecule has 0 N–H and O–H groups in total. The highest BCUT2D eigenvalue weighted by atomic mass is 14.5. The molecule has 0 aromatic heterocycles. The van der Waals surface area contributed by atoms with E-state index in [0.29, 0.717) is 10.8 Å². The Morgan fingerprint density at radius 3 is 2.18 bits per heavy atom. The quantitative estimate of drug-likeness (QED) is 0.492. The van der Waals surface area contributed by atoms with Crippen molar-refractivity contribution in [2.75, 3.05) is 0 Å². The largest absolute Gasteiger partial charge is 0.0654 e. The van der Waals surface area contributed by atoms with Gasteiger partial charge in [-0.15, -0.1) is 0 Å². The molecule has 130 valence electrons. The second-order valence-electron chi connectivity index (χ2n) is 10.3. The van der Waals surface area contributed by atoms with Crippen LogP contribution < -0.4 is 0 Å². The summed E-state index contributed by atoms with van der Waals surface area (Å²) in [6.45, 7) is 15.1. The smallest absolute Gasteiger partial charge is 0.0294 e. The molecule has 0 amide bonds. The van der Waals surface area contributed by atoms with Crippen molar-refractivity contribution in [3.05, 3.63) is 0 Å². The van der Waals surface area contributed by atoms with Crippen LogP contribution in [0.5, 0.6) is 0 Å². The zero-order valence-electron chi connectivity index (χ0n) is 16.4. The first-order valence-electron chi connectivity index (χ1n) is 10.2. The molecular weight excluding hydrogens is 264 g/mol. The molecule has 0 saturated heterocycles. The van der Waals surface area contributed by atoms with Crippen molar-refractivity contribution in [2.45, 2.75) is 112 Å². The molecule has 2 aliphatic rings. The Balaban J connectivity index is 2.05. The minimum atomic E-state index is 0.555. The summed E-state index contributed by atoms with van der Waals surface area (Å²) < 4.78 is 0. The van der Waals surface area contributed by atoms with Gasteiger partial charge in [-0.05, 0) is 79.4 Å². The van der Waals surface area contributed by atoms with E-state index in [-0.39, 0.29) is 0 Å². The molecule has 0 spiro atoms. The standard InChI is InChI=1S/C22H42/c1-7-12-21(5)13-8-9-14-22(6)17-19(22)11-16-20(3,4)15-10-18(21)2/h18-19H,7-17H2,1-6H3. The molecule has 2 aliphatic carbocycles. The van der Waals surface area contributed by atoms with Gasteiger partial charge in [0.15, 0.2) is 0 Å². The van der Waals surface area contributed by atoms with Gasteiger partial charge in [0.2, 0.25) is 0 Å². The molecule has 0 radical (unpaired) electrons. The van der Waals surface area contributed by atoms with E-state index >= 15 is 0 Å². The summed E-state index contributed by atoms with van der Waals surface area (Å²) in [6, 6.07) is 0. The molecule has 4 atom stereocenters. The third-order valence-electron chi connectivity index (χ3n) is 7.72. The molecule has 0 aromatic carbocycles. The van der Waals surface area contributed by atoms with Crippen LogP contribution in [-0.2, 0) is 0 Å². The van der Waals surface area contributed by atoms with E-state index in [2.05, 4.69) is 41.5 Å². The maximum Gasteiger partial charge on any atom is -0.0294 e. The van der Waals surface area contributed by atoms with Gasteiger partial charge in [0, 0.05) is 0 Å². The predicted octanol–water partition coefficient (Wildman–Crippen LogP) is 7.62. The van der Waals surface area contributed by atoms with Crippen LogP contribution in [0.2, 0.25) is 0 Å². The van der Waals surface area contributed by atoms with Crippen LogP contribution in [0.1, 0.15) is 112 Å². The van der Waals surface area contributed by atoms with E-state index < -0.39 is 0 Å². The van der Waals surface area contributed by atoms with Gasteiger partial charge in [0.25, 0.3) is 0 Å². The van der Waals surface area contributed by atoms with Crippen LogP contribution in [0.15, 0.2) is 0 Å². The summed E-state index contributed by atoms with van der Waals surface area (Å²) in [5.41, 5.74) is 1.86. The average molecular weight is 307 g/mol. The molecule has 0 bridgehead atoms. The molecule has 0 heteroatoms. The third kappa shape index (κ3) is 4.51. The zero-order valence-corrected chi connectivity index (χ0v) is 16.4. The topological polar surface area (TPSA) is 0 Å². The lowest BCUT2D eigenvalue weighted by Gasteiger charge is -2.38. The van der Waals surface area contributed by atoms with Crippen LogP contribution in [0.4, 0.5) is 0 Å². The predicted molar refractivity (Wildman–Crippen MR) is 99.1 cm³/mol. The minimum absolute atomic E-state index is 0.555. The normalized spacial score (nSPS) is 43.4. The van der Waals surface area contributed by atoms with Crippen molar-refractivity contribution in [3.63, 3.8) is 0 Å². The Bertz CT molecular complexity index is 355. The van der Waals surface area contributed by atoms with Crippen molar-refractivity contribution >= 4 is 0 Å². The molecule has 0 aromatic rings. The summed E-state index contributed by atoms with van der Waals surface area (Å²) in [5.74, 6) is 1.93. The fourth-order valence-corrected chi connectivity index (χ4v) is 5.15. The summed E-state index contributed by atoms with van der Waals surface area (Å²) in [7, 11) is 0. The van der Waals surface area contributed by atoms with Gasteiger partial charge in [0.05, 0.1) is 0 Å². The van der Waals surface area contributed by atoms with Gasteiger partial charge in [-0.3, -0.25) is 0 Å². The van der Waals surface area contributed by atoms with Gasteiger partial charge in [-0.25, -0.2) is 0 Å². The third-order valence-corrected chi connectivity index (χ3v) is 7.72. The maximum atomic E-state index is 2.59. The Hall–Kier alpha value is 0. The Morgan fingerprint density at radius 2 is 1.50 bits per heavy atom. The highest BCUT2D eigenvalue weighted by molar-refractivity contribution is 4.99. The average Bonchev–Trinajstić information content (AvgIpc) is 3.10. The van der Waals surface area contributed by atoms with Crippen molar-refractivity contribution in [2.24, 2.45) is 28.1 Å². The summed E-state index contributed by atoms with van der Waals surface area (Å²) in [5, 5.41) is 0. The van der Waals surface area contributed by atoms with Crippen LogP contribution >= 0.6 is 0 Å². The second-order valence-corrected chi connectivity index (χ2v) is 10.3. The van der Waals surface area contributed by atoms with Crippen LogP contribution in [-0.4, -0.2) is 0 Å². The van der Waals surface area contributed by atoms with Crippen molar-refractivity contribution in [3.8, 4) is 0 Å². The van der Waals surface area contributed by atoms with Crippen molar-refractivity contribution in [1.29, 1.82) is 0 Å². The minimum Gasteiger partial charge on any atom is -0.0654 e. The van der Waals surface area contributed by atoms with E-state index in [1.165, 1.54) is 70.6 Å². The first-order chi connectivity index (χ1) is 10.2. The molecule has 0 nitrogen and oxygen atoms in total. The molecule has 4 unspecified atom stereocenters.